The standard InChI is InChI=1S/C18H21ClFN5O/c1-3-15-16(4-2)22-23-18(21-15)25-9-7-24(8-10-25)17(26)13-6-5-12(19)11-14(13)20/h5-6,11H,3-4,7-10H2,1-2H3. The molecule has 0 radical (unpaired) electrons. The average molecular weight is 378 g/mol. The second-order valence-corrected chi connectivity index (χ2v) is 6.55. The van der Waals surface area contributed by atoms with Gasteiger partial charge in [-0.1, -0.05) is 25.4 Å². The molecule has 1 aromatic heterocycles. The maximum absolute atomic E-state index is 14.0. The molecule has 2 heterocycles. The van der Waals surface area contributed by atoms with Gasteiger partial charge in [0.1, 0.15) is 5.82 Å². The highest BCUT2D eigenvalue weighted by atomic mass is 35.5. The number of aromatic nitrogens is 3. The molecule has 1 aliphatic heterocycles. The quantitative estimate of drug-likeness (QED) is 0.819. The minimum absolute atomic E-state index is 0.0429. The summed E-state index contributed by atoms with van der Waals surface area (Å²) in [4.78, 5) is 20.8. The van der Waals surface area contributed by atoms with E-state index in [0.717, 1.165) is 30.3 Å². The van der Waals surface area contributed by atoms with E-state index < -0.39 is 5.82 Å². The van der Waals surface area contributed by atoms with E-state index in [4.69, 9.17) is 11.6 Å². The van der Waals surface area contributed by atoms with Gasteiger partial charge in [-0.05, 0) is 31.0 Å². The lowest BCUT2D eigenvalue weighted by Gasteiger charge is -2.34. The van der Waals surface area contributed by atoms with Gasteiger partial charge >= 0.3 is 0 Å². The highest BCUT2D eigenvalue weighted by Crippen LogP contribution is 2.18. The summed E-state index contributed by atoms with van der Waals surface area (Å²) in [6.07, 6.45) is 1.61. The van der Waals surface area contributed by atoms with Crippen LogP contribution in [0, 0.1) is 5.82 Å². The van der Waals surface area contributed by atoms with Crippen molar-refractivity contribution >= 4 is 23.5 Å². The molecule has 1 saturated heterocycles. The largest absolute Gasteiger partial charge is 0.336 e. The number of hydrogen-bond acceptors (Lipinski definition) is 5. The van der Waals surface area contributed by atoms with Crippen LogP contribution in [0.15, 0.2) is 18.2 Å². The molecule has 0 spiro atoms. The second kappa shape index (κ2) is 7.95. The zero-order chi connectivity index (χ0) is 18.7. The molecule has 0 N–H and O–H groups in total. The van der Waals surface area contributed by atoms with Crippen LogP contribution in [-0.4, -0.2) is 52.2 Å². The molecule has 2 aromatic rings. The smallest absolute Gasteiger partial charge is 0.256 e. The molecular weight excluding hydrogens is 357 g/mol. The Bertz CT molecular complexity index is 808. The summed E-state index contributed by atoms with van der Waals surface area (Å²) in [6, 6.07) is 4.11. The van der Waals surface area contributed by atoms with Crippen molar-refractivity contribution in [3.8, 4) is 0 Å². The monoisotopic (exact) mass is 377 g/mol. The Kier molecular flexibility index (Phi) is 5.66. The molecule has 1 amide bonds. The zero-order valence-electron chi connectivity index (χ0n) is 14.9. The second-order valence-electron chi connectivity index (χ2n) is 6.12. The van der Waals surface area contributed by atoms with Crippen LogP contribution in [0.25, 0.3) is 0 Å². The molecule has 1 fully saturated rings. The third kappa shape index (κ3) is 3.77. The number of benzene rings is 1. The van der Waals surface area contributed by atoms with Crippen molar-refractivity contribution < 1.29 is 9.18 Å². The van der Waals surface area contributed by atoms with Crippen molar-refractivity contribution in [2.24, 2.45) is 0 Å². The van der Waals surface area contributed by atoms with Gasteiger partial charge in [0.05, 0.1) is 17.0 Å². The summed E-state index contributed by atoms with van der Waals surface area (Å²) in [5.74, 6) is -0.336. The van der Waals surface area contributed by atoms with Crippen LogP contribution in [0.4, 0.5) is 10.3 Å². The number of hydrogen-bond donors (Lipinski definition) is 0. The Morgan fingerprint density at radius 2 is 1.81 bits per heavy atom. The molecule has 26 heavy (non-hydrogen) atoms. The lowest BCUT2D eigenvalue weighted by molar-refractivity contribution is 0.0741. The molecule has 3 rings (SSSR count). The summed E-state index contributed by atoms with van der Waals surface area (Å²) >= 11 is 5.75. The summed E-state index contributed by atoms with van der Waals surface area (Å²) in [6.45, 7) is 6.19. The lowest BCUT2D eigenvalue weighted by atomic mass is 10.1. The Morgan fingerprint density at radius 1 is 1.12 bits per heavy atom. The number of aryl methyl sites for hydroxylation is 2. The van der Waals surface area contributed by atoms with Crippen molar-refractivity contribution in [2.75, 3.05) is 31.1 Å². The average Bonchev–Trinajstić information content (AvgIpc) is 2.67. The van der Waals surface area contributed by atoms with Crippen molar-refractivity contribution in [3.05, 3.63) is 46.0 Å². The van der Waals surface area contributed by atoms with Crippen molar-refractivity contribution in [2.45, 2.75) is 26.7 Å². The molecule has 8 heteroatoms. The molecule has 0 saturated carbocycles. The van der Waals surface area contributed by atoms with Crippen molar-refractivity contribution in [1.29, 1.82) is 0 Å². The molecule has 0 bridgehead atoms. The minimum atomic E-state index is -0.597. The fourth-order valence-corrected chi connectivity index (χ4v) is 3.16. The Labute approximate surface area is 157 Å². The zero-order valence-corrected chi connectivity index (χ0v) is 15.6. The Hall–Kier alpha value is -2.28. The van der Waals surface area contributed by atoms with E-state index in [1.54, 1.807) is 4.90 Å². The summed E-state index contributed by atoms with van der Waals surface area (Å²) < 4.78 is 14.0. The lowest BCUT2D eigenvalue weighted by Crippen LogP contribution is -2.49. The predicted molar refractivity (Wildman–Crippen MR) is 98.1 cm³/mol. The maximum atomic E-state index is 14.0. The number of carbonyl (C=O) groups excluding carboxylic acids is 1. The van der Waals surface area contributed by atoms with E-state index in [1.165, 1.54) is 12.1 Å². The van der Waals surface area contributed by atoms with Gasteiger partial charge in [0.2, 0.25) is 5.95 Å². The van der Waals surface area contributed by atoms with Crippen molar-refractivity contribution in [3.63, 3.8) is 0 Å². The SMILES string of the molecule is CCc1nnc(N2CCN(C(=O)c3ccc(Cl)cc3F)CC2)nc1CC. The minimum Gasteiger partial charge on any atom is -0.336 e. The molecule has 1 aliphatic rings. The fraction of sp³-hybridized carbons (Fsp3) is 0.444. The molecule has 138 valence electrons. The normalized spacial score (nSPS) is 14.6. The number of anilines is 1. The highest BCUT2D eigenvalue weighted by Gasteiger charge is 2.25. The van der Waals surface area contributed by atoms with Gasteiger partial charge in [-0.3, -0.25) is 4.79 Å². The molecule has 0 aliphatic carbocycles. The van der Waals surface area contributed by atoms with Crippen LogP contribution in [-0.2, 0) is 12.8 Å². The molecular formula is C18H21ClFN5O. The first-order valence-electron chi connectivity index (χ1n) is 8.75. The maximum Gasteiger partial charge on any atom is 0.256 e. The third-order valence-electron chi connectivity index (χ3n) is 4.51. The van der Waals surface area contributed by atoms with Crippen LogP contribution in [0.1, 0.15) is 35.6 Å². The van der Waals surface area contributed by atoms with Crippen LogP contribution in [0.5, 0.6) is 0 Å². The summed E-state index contributed by atoms with van der Waals surface area (Å²) in [7, 11) is 0. The van der Waals surface area contributed by atoms with Crippen LogP contribution in [0.3, 0.4) is 0 Å². The van der Waals surface area contributed by atoms with Gasteiger partial charge in [-0.15, -0.1) is 5.10 Å². The summed E-state index contributed by atoms with van der Waals surface area (Å²) in [5.41, 5.74) is 1.92. The van der Waals surface area contributed by atoms with E-state index in [-0.39, 0.29) is 16.5 Å². The van der Waals surface area contributed by atoms with E-state index >= 15 is 0 Å². The molecule has 0 unspecified atom stereocenters. The Balaban J connectivity index is 1.68. The molecule has 6 nitrogen and oxygen atoms in total. The third-order valence-corrected chi connectivity index (χ3v) is 4.74. The van der Waals surface area contributed by atoms with E-state index in [0.29, 0.717) is 32.1 Å². The number of piperazine rings is 1. The first-order valence-corrected chi connectivity index (χ1v) is 9.13. The topological polar surface area (TPSA) is 62.2 Å². The van der Waals surface area contributed by atoms with Crippen LogP contribution < -0.4 is 4.90 Å². The highest BCUT2D eigenvalue weighted by molar-refractivity contribution is 6.30. The number of rotatable bonds is 4. The van der Waals surface area contributed by atoms with Gasteiger partial charge < -0.3 is 9.80 Å². The Morgan fingerprint density at radius 3 is 2.42 bits per heavy atom. The van der Waals surface area contributed by atoms with E-state index in [2.05, 4.69) is 15.2 Å². The van der Waals surface area contributed by atoms with Gasteiger partial charge in [-0.25, -0.2) is 9.37 Å². The first-order chi connectivity index (χ1) is 12.5. The van der Waals surface area contributed by atoms with Crippen LogP contribution in [0.2, 0.25) is 5.02 Å². The molecule has 1 aromatic carbocycles. The van der Waals surface area contributed by atoms with Gasteiger partial charge in [0.25, 0.3) is 5.91 Å². The van der Waals surface area contributed by atoms with E-state index in [1.807, 2.05) is 18.7 Å². The van der Waals surface area contributed by atoms with E-state index in [9.17, 15) is 9.18 Å². The number of carbonyl (C=O) groups is 1. The van der Waals surface area contributed by atoms with Gasteiger partial charge in [0.15, 0.2) is 0 Å². The molecule has 0 atom stereocenters. The number of halogens is 2. The number of nitrogens with zero attached hydrogens (tertiary/aromatic N) is 5. The number of amides is 1. The van der Waals surface area contributed by atoms with Crippen LogP contribution >= 0.6 is 11.6 Å². The first kappa shape index (κ1) is 18.5. The van der Waals surface area contributed by atoms with Gasteiger partial charge in [-0.2, -0.15) is 5.10 Å². The predicted octanol–water partition coefficient (Wildman–Crippen LogP) is 2.75. The summed E-state index contributed by atoms with van der Waals surface area (Å²) in [5, 5.41) is 8.76. The van der Waals surface area contributed by atoms with Gasteiger partial charge in [0, 0.05) is 31.2 Å². The van der Waals surface area contributed by atoms with Crippen molar-refractivity contribution in [1.82, 2.24) is 20.1 Å². The fourth-order valence-electron chi connectivity index (χ4n) is 3.01.